The van der Waals surface area contributed by atoms with Crippen molar-refractivity contribution in [1.82, 2.24) is 5.32 Å². The lowest BCUT2D eigenvalue weighted by Gasteiger charge is -2.21. The monoisotopic (exact) mass is 250 g/mol. The number of rotatable bonds is 3. The number of nitrogens with two attached hydrogens (primary N) is 1. The van der Waals surface area contributed by atoms with Gasteiger partial charge in [0.15, 0.2) is 0 Å². The highest BCUT2D eigenvalue weighted by Gasteiger charge is 2.16. The second-order valence-electron chi connectivity index (χ2n) is 5.40. The van der Waals surface area contributed by atoms with E-state index >= 15 is 0 Å². The summed E-state index contributed by atoms with van der Waals surface area (Å²) >= 11 is 0. The Bertz CT molecular complexity index is 411. The van der Waals surface area contributed by atoms with Crippen LogP contribution in [0.5, 0.6) is 0 Å². The number of carbonyl (C=O) groups is 1. The molecule has 0 heterocycles. The molecular formula is C14H22N2O2. The van der Waals surface area contributed by atoms with Crippen LogP contribution >= 0.6 is 0 Å². The summed E-state index contributed by atoms with van der Waals surface area (Å²) in [6, 6.07) is 7.71. The lowest BCUT2D eigenvalue weighted by molar-refractivity contribution is 0.0524. The zero-order chi connectivity index (χ0) is 13.8. The highest BCUT2D eigenvalue weighted by Crippen LogP contribution is 2.12. The molecule has 4 heteroatoms. The third kappa shape index (κ3) is 5.19. The van der Waals surface area contributed by atoms with Crippen LogP contribution in [0.15, 0.2) is 24.3 Å². The number of amides is 1. The van der Waals surface area contributed by atoms with Crippen molar-refractivity contribution in [3.63, 3.8) is 0 Å². The largest absolute Gasteiger partial charge is 0.444 e. The maximum atomic E-state index is 11.5. The number of alkyl carbamates (subject to hydrolysis) is 1. The minimum atomic E-state index is -0.489. The first-order valence-electron chi connectivity index (χ1n) is 6.07. The fraction of sp³-hybridized carbons (Fsp3) is 0.500. The fourth-order valence-corrected chi connectivity index (χ4v) is 1.53. The Morgan fingerprint density at radius 2 is 2.11 bits per heavy atom. The molecule has 18 heavy (non-hydrogen) atoms. The van der Waals surface area contributed by atoms with Crippen LogP contribution in [0.25, 0.3) is 0 Å². The summed E-state index contributed by atoms with van der Waals surface area (Å²) in [4.78, 5) is 11.5. The molecule has 1 amide bonds. The summed E-state index contributed by atoms with van der Waals surface area (Å²) in [5.41, 5.74) is 7.68. The molecule has 0 saturated carbocycles. The van der Waals surface area contributed by atoms with Crippen LogP contribution in [-0.4, -0.2) is 18.2 Å². The van der Waals surface area contributed by atoms with Gasteiger partial charge in [-0.3, -0.25) is 0 Å². The van der Waals surface area contributed by atoms with Gasteiger partial charge in [-0.05, 0) is 33.3 Å². The fourth-order valence-electron chi connectivity index (χ4n) is 1.53. The number of benzene rings is 1. The van der Waals surface area contributed by atoms with Crippen molar-refractivity contribution in [2.24, 2.45) is 5.73 Å². The quantitative estimate of drug-likeness (QED) is 0.866. The summed E-state index contributed by atoms with van der Waals surface area (Å²) in [6.07, 6.45) is -0.439. The van der Waals surface area contributed by atoms with E-state index in [1.54, 1.807) is 0 Å². The molecule has 0 aliphatic rings. The summed E-state index contributed by atoms with van der Waals surface area (Å²) < 4.78 is 5.14. The molecule has 0 radical (unpaired) electrons. The molecule has 4 nitrogen and oxygen atoms in total. The SMILES string of the molecule is Cc1cccc([C@H](N)CNC(=O)OC(C)(C)C)c1. The summed E-state index contributed by atoms with van der Waals surface area (Å²) in [5, 5.41) is 2.67. The maximum Gasteiger partial charge on any atom is 0.407 e. The normalized spacial score (nSPS) is 12.9. The van der Waals surface area contributed by atoms with E-state index in [2.05, 4.69) is 5.32 Å². The van der Waals surface area contributed by atoms with Gasteiger partial charge >= 0.3 is 6.09 Å². The molecule has 1 aromatic rings. The molecule has 0 saturated heterocycles. The van der Waals surface area contributed by atoms with Gasteiger partial charge in [-0.1, -0.05) is 29.8 Å². The zero-order valence-electron chi connectivity index (χ0n) is 11.5. The lowest BCUT2D eigenvalue weighted by Crippen LogP contribution is -2.36. The standard InChI is InChI=1S/C14H22N2O2/c1-10-6-5-7-11(8-10)12(15)9-16-13(17)18-14(2,3)4/h5-8,12H,9,15H2,1-4H3,(H,16,17)/t12-/m1/s1. The van der Waals surface area contributed by atoms with Crippen LogP contribution in [0.1, 0.15) is 37.9 Å². The van der Waals surface area contributed by atoms with E-state index in [1.807, 2.05) is 52.0 Å². The maximum absolute atomic E-state index is 11.5. The average Bonchev–Trinajstić information content (AvgIpc) is 2.23. The Balaban J connectivity index is 2.46. The van der Waals surface area contributed by atoms with Crippen molar-refractivity contribution in [1.29, 1.82) is 0 Å². The predicted molar refractivity (Wildman–Crippen MR) is 72.3 cm³/mol. The Morgan fingerprint density at radius 3 is 2.67 bits per heavy atom. The van der Waals surface area contributed by atoms with Crippen LogP contribution in [0, 0.1) is 6.92 Å². The van der Waals surface area contributed by atoms with Gasteiger partial charge in [0.2, 0.25) is 0 Å². The van der Waals surface area contributed by atoms with Gasteiger partial charge in [0.25, 0.3) is 0 Å². The van der Waals surface area contributed by atoms with Crippen molar-refractivity contribution in [3.05, 3.63) is 35.4 Å². The van der Waals surface area contributed by atoms with Gasteiger partial charge in [-0.2, -0.15) is 0 Å². The van der Waals surface area contributed by atoms with Crippen LogP contribution < -0.4 is 11.1 Å². The van der Waals surface area contributed by atoms with E-state index in [-0.39, 0.29) is 6.04 Å². The number of ether oxygens (including phenoxy) is 1. The molecule has 0 aliphatic heterocycles. The predicted octanol–water partition coefficient (Wildman–Crippen LogP) is 2.52. The minimum absolute atomic E-state index is 0.225. The van der Waals surface area contributed by atoms with Gasteiger partial charge < -0.3 is 15.8 Å². The Labute approximate surface area is 109 Å². The molecule has 100 valence electrons. The second kappa shape index (κ2) is 5.87. The van der Waals surface area contributed by atoms with E-state index in [0.717, 1.165) is 11.1 Å². The number of hydrogen-bond acceptors (Lipinski definition) is 3. The number of carbonyl (C=O) groups excluding carboxylic acids is 1. The number of hydrogen-bond donors (Lipinski definition) is 2. The Kier molecular flexibility index (Phi) is 4.73. The Hall–Kier alpha value is -1.55. The molecule has 1 atom stereocenters. The zero-order valence-corrected chi connectivity index (χ0v) is 11.5. The van der Waals surface area contributed by atoms with Crippen molar-refractivity contribution < 1.29 is 9.53 Å². The summed E-state index contributed by atoms with van der Waals surface area (Å²) in [5.74, 6) is 0. The molecule has 0 unspecified atom stereocenters. The third-order valence-electron chi connectivity index (χ3n) is 2.34. The van der Waals surface area contributed by atoms with E-state index in [0.29, 0.717) is 6.54 Å². The minimum Gasteiger partial charge on any atom is -0.444 e. The molecule has 0 aromatic heterocycles. The first kappa shape index (κ1) is 14.5. The van der Waals surface area contributed by atoms with Gasteiger partial charge in [0, 0.05) is 12.6 Å². The van der Waals surface area contributed by atoms with E-state index in [9.17, 15) is 4.79 Å². The second-order valence-corrected chi connectivity index (χ2v) is 5.40. The molecule has 1 rings (SSSR count). The van der Waals surface area contributed by atoms with Crippen molar-refractivity contribution >= 4 is 6.09 Å². The third-order valence-corrected chi connectivity index (χ3v) is 2.34. The van der Waals surface area contributed by atoms with Gasteiger partial charge in [-0.15, -0.1) is 0 Å². The number of nitrogens with one attached hydrogen (secondary N) is 1. The molecule has 0 fully saturated rings. The van der Waals surface area contributed by atoms with Gasteiger partial charge in [0.1, 0.15) is 5.60 Å². The van der Waals surface area contributed by atoms with E-state index in [4.69, 9.17) is 10.5 Å². The van der Waals surface area contributed by atoms with Crippen LogP contribution in [0.4, 0.5) is 4.79 Å². The lowest BCUT2D eigenvalue weighted by atomic mass is 10.1. The molecule has 0 spiro atoms. The van der Waals surface area contributed by atoms with Gasteiger partial charge in [0.05, 0.1) is 0 Å². The molecule has 0 aliphatic carbocycles. The van der Waals surface area contributed by atoms with Crippen LogP contribution in [0.2, 0.25) is 0 Å². The highest BCUT2D eigenvalue weighted by atomic mass is 16.6. The first-order valence-corrected chi connectivity index (χ1v) is 6.07. The highest BCUT2D eigenvalue weighted by molar-refractivity contribution is 5.67. The molecular weight excluding hydrogens is 228 g/mol. The van der Waals surface area contributed by atoms with Crippen LogP contribution in [-0.2, 0) is 4.74 Å². The topological polar surface area (TPSA) is 64.3 Å². The molecule has 3 N–H and O–H groups in total. The summed E-state index contributed by atoms with van der Waals surface area (Å²) in [6.45, 7) is 7.85. The van der Waals surface area contributed by atoms with Crippen molar-refractivity contribution in [3.8, 4) is 0 Å². The van der Waals surface area contributed by atoms with E-state index < -0.39 is 11.7 Å². The molecule has 1 aromatic carbocycles. The Morgan fingerprint density at radius 1 is 1.44 bits per heavy atom. The van der Waals surface area contributed by atoms with Crippen molar-refractivity contribution in [2.75, 3.05) is 6.54 Å². The number of aryl methyl sites for hydroxylation is 1. The molecule has 0 bridgehead atoms. The van der Waals surface area contributed by atoms with Crippen LogP contribution in [0.3, 0.4) is 0 Å². The summed E-state index contributed by atoms with van der Waals surface area (Å²) in [7, 11) is 0. The average molecular weight is 250 g/mol. The van der Waals surface area contributed by atoms with E-state index in [1.165, 1.54) is 0 Å². The first-order chi connectivity index (χ1) is 8.28. The van der Waals surface area contributed by atoms with Crippen molar-refractivity contribution in [2.45, 2.75) is 39.3 Å². The smallest absolute Gasteiger partial charge is 0.407 e. The van der Waals surface area contributed by atoms with Gasteiger partial charge in [-0.25, -0.2) is 4.79 Å².